The van der Waals surface area contributed by atoms with E-state index < -0.39 is 0 Å². The molecule has 3 aromatic rings. The van der Waals surface area contributed by atoms with Crippen LogP contribution >= 0.6 is 0 Å². The summed E-state index contributed by atoms with van der Waals surface area (Å²) >= 11 is 0. The van der Waals surface area contributed by atoms with E-state index in [1.807, 2.05) is 30.5 Å². The van der Waals surface area contributed by atoms with E-state index >= 15 is 0 Å². The lowest BCUT2D eigenvalue weighted by Gasteiger charge is -2.23. The Bertz CT molecular complexity index is 976. The van der Waals surface area contributed by atoms with E-state index in [9.17, 15) is 4.79 Å². The van der Waals surface area contributed by atoms with Crippen LogP contribution in [-0.4, -0.2) is 27.0 Å². The summed E-state index contributed by atoms with van der Waals surface area (Å²) in [5.41, 5.74) is 2.46. The molecule has 1 fully saturated rings. The van der Waals surface area contributed by atoms with E-state index in [0.29, 0.717) is 11.5 Å². The summed E-state index contributed by atoms with van der Waals surface area (Å²) in [6.07, 6.45) is 15.1. The van der Waals surface area contributed by atoms with Crippen molar-refractivity contribution in [1.29, 1.82) is 0 Å². The van der Waals surface area contributed by atoms with Gasteiger partial charge in [0.1, 0.15) is 12.1 Å². The maximum Gasteiger partial charge on any atom is 0.257 e. The number of amides is 1. The maximum absolute atomic E-state index is 12.8. The van der Waals surface area contributed by atoms with Crippen LogP contribution in [-0.2, 0) is 6.54 Å². The Morgan fingerprint density at radius 2 is 1.94 bits per heavy atom. The molecule has 1 saturated carbocycles. The predicted octanol–water partition coefficient (Wildman–Crippen LogP) is 5.22. The fourth-order valence-electron chi connectivity index (χ4n) is 4.54. The summed E-state index contributed by atoms with van der Waals surface area (Å²) in [6, 6.07) is 11.6. The van der Waals surface area contributed by atoms with Gasteiger partial charge in [0.05, 0.1) is 5.56 Å². The highest BCUT2D eigenvalue weighted by molar-refractivity contribution is 6.04. The molecule has 1 atom stereocenters. The van der Waals surface area contributed by atoms with Crippen molar-refractivity contribution in [2.24, 2.45) is 11.8 Å². The first kappa shape index (κ1) is 22.2. The smallest absolute Gasteiger partial charge is 0.257 e. The Balaban J connectivity index is 1.33. The summed E-state index contributed by atoms with van der Waals surface area (Å²) < 4.78 is 1.80. The number of carbonyl (C=O) groups is 1. The molecule has 2 aromatic heterocycles. The van der Waals surface area contributed by atoms with Crippen LogP contribution in [0.15, 0.2) is 61.3 Å². The molecule has 0 bridgehead atoms. The number of carbonyl (C=O) groups excluding carboxylic acids is 1. The Hall–Kier alpha value is -2.99. The fourth-order valence-corrected chi connectivity index (χ4v) is 4.54. The number of anilines is 1. The molecule has 6 heteroatoms. The Morgan fingerprint density at radius 1 is 1.12 bits per heavy atom. The highest BCUT2D eigenvalue weighted by atomic mass is 16.1. The molecular weight excluding hydrogens is 398 g/mol. The molecule has 6 nitrogen and oxygen atoms in total. The molecular formula is C26H33N5O. The van der Waals surface area contributed by atoms with E-state index in [0.717, 1.165) is 36.1 Å². The van der Waals surface area contributed by atoms with Gasteiger partial charge in [-0.15, -0.1) is 0 Å². The monoisotopic (exact) mass is 431 g/mol. The number of hydrogen-bond acceptors (Lipinski definition) is 4. The summed E-state index contributed by atoms with van der Waals surface area (Å²) in [4.78, 5) is 21.2. The molecule has 1 aliphatic rings. The number of benzene rings is 1. The normalized spacial score (nSPS) is 15.8. The van der Waals surface area contributed by atoms with Crippen molar-refractivity contribution in [1.82, 2.24) is 19.9 Å². The number of imidazole rings is 1. The minimum atomic E-state index is -0.158. The van der Waals surface area contributed by atoms with Gasteiger partial charge < -0.3 is 10.6 Å². The zero-order chi connectivity index (χ0) is 22.2. The maximum atomic E-state index is 12.8. The van der Waals surface area contributed by atoms with Crippen LogP contribution < -0.4 is 10.6 Å². The van der Waals surface area contributed by atoms with Crippen molar-refractivity contribution in [3.63, 3.8) is 0 Å². The molecule has 1 amide bonds. The molecule has 1 unspecified atom stereocenters. The Kier molecular flexibility index (Phi) is 7.67. The lowest BCUT2D eigenvalue weighted by Crippen LogP contribution is -2.26. The highest BCUT2D eigenvalue weighted by Gasteiger charge is 2.19. The number of nitrogens with zero attached hydrogens (tertiary/aromatic N) is 3. The first-order chi connectivity index (χ1) is 15.7. The lowest BCUT2D eigenvalue weighted by molar-refractivity contribution is 0.102. The minimum absolute atomic E-state index is 0.158. The van der Waals surface area contributed by atoms with Crippen molar-refractivity contribution < 1.29 is 4.79 Å². The zero-order valence-corrected chi connectivity index (χ0v) is 18.8. The number of pyridine rings is 1. The van der Waals surface area contributed by atoms with Crippen molar-refractivity contribution in [2.45, 2.75) is 52.0 Å². The third-order valence-corrected chi connectivity index (χ3v) is 6.53. The Labute approximate surface area is 190 Å². The second-order valence-electron chi connectivity index (χ2n) is 8.85. The van der Waals surface area contributed by atoms with E-state index in [2.05, 4.69) is 33.6 Å². The van der Waals surface area contributed by atoms with Crippen molar-refractivity contribution in [3.8, 4) is 5.82 Å². The second kappa shape index (κ2) is 11.0. The Morgan fingerprint density at radius 3 is 2.66 bits per heavy atom. The van der Waals surface area contributed by atoms with Crippen LogP contribution in [0, 0.1) is 11.8 Å². The van der Waals surface area contributed by atoms with Gasteiger partial charge in [0.25, 0.3) is 5.91 Å². The zero-order valence-electron chi connectivity index (χ0n) is 18.8. The van der Waals surface area contributed by atoms with Gasteiger partial charge in [-0.3, -0.25) is 9.36 Å². The van der Waals surface area contributed by atoms with Crippen LogP contribution in [0.3, 0.4) is 0 Å². The molecule has 168 valence electrons. The average molecular weight is 432 g/mol. The van der Waals surface area contributed by atoms with Gasteiger partial charge >= 0.3 is 0 Å². The number of hydrogen-bond donors (Lipinski definition) is 2. The molecule has 1 aliphatic carbocycles. The van der Waals surface area contributed by atoms with Gasteiger partial charge in [-0.05, 0) is 42.1 Å². The molecule has 1 aromatic carbocycles. The first-order valence-corrected chi connectivity index (χ1v) is 11.7. The van der Waals surface area contributed by atoms with E-state index in [1.165, 1.54) is 38.5 Å². The van der Waals surface area contributed by atoms with Crippen molar-refractivity contribution >= 4 is 11.6 Å². The van der Waals surface area contributed by atoms with E-state index in [4.69, 9.17) is 0 Å². The van der Waals surface area contributed by atoms with Crippen LogP contribution in [0.1, 0.15) is 61.4 Å². The molecule has 0 aliphatic heterocycles. The molecule has 32 heavy (non-hydrogen) atoms. The van der Waals surface area contributed by atoms with Crippen LogP contribution in [0.25, 0.3) is 5.82 Å². The summed E-state index contributed by atoms with van der Waals surface area (Å²) in [7, 11) is 0. The molecule has 0 radical (unpaired) electrons. The van der Waals surface area contributed by atoms with Crippen LogP contribution in [0.2, 0.25) is 0 Å². The molecule has 0 spiro atoms. The van der Waals surface area contributed by atoms with E-state index in [-0.39, 0.29) is 5.91 Å². The first-order valence-electron chi connectivity index (χ1n) is 11.7. The molecule has 0 saturated heterocycles. The number of aromatic nitrogens is 3. The molecule has 2 N–H and O–H groups in total. The van der Waals surface area contributed by atoms with Gasteiger partial charge in [-0.25, -0.2) is 9.97 Å². The van der Waals surface area contributed by atoms with Crippen LogP contribution in [0.4, 0.5) is 5.69 Å². The van der Waals surface area contributed by atoms with Crippen molar-refractivity contribution in [2.75, 3.05) is 11.9 Å². The molecule has 2 heterocycles. The minimum Gasteiger partial charge on any atom is -0.322 e. The van der Waals surface area contributed by atoms with Crippen molar-refractivity contribution in [3.05, 3.63) is 72.4 Å². The second-order valence-corrected chi connectivity index (χ2v) is 8.85. The summed E-state index contributed by atoms with van der Waals surface area (Å²) in [6.45, 7) is 4.12. The fraction of sp³-hybridized carbons (Fsp3) is 0.423. The van der Waals surface area contributed by atoms with E-state index in [1.54, 1.807) is 29.4 Å². The van der Waals surface area contributed by atoms with Gasteiger partial charge in [-0.1, -0.05) is 63.6 Å². The third kappa shape index (κ3) is 5.82. The molecule has 4 rings (SSSR count). The summed E-state index contributed by atoms with van der Waals surface area (Å²) in [5.74, 6) is 2.08. The number of rotatable bonds is 8. The third-order valence-electron chi connectivity index (χ3n) is 6.53. The largest absolute Gasteiger partial charge is 0.322 e. The number of para-hydroxylation sites is 1. The lowest BCUT2D eigenvalue weighted by atomic mass is 9.87. The van der Waals surface area contributed by atoms with Gasteiger partial charge in [0, 0.05) is 30.8 Å². The highest BCUT2D eigenvalue weighted by Crippen LogP contribution is 2.28. The van der Waals surface area contributed by atoms with Crippen LogP contribution in [0.5, 0.6) is 0 Å². The average Bonchev–Trinajstić information content (AvgIpc) is 3.22. The van der Waals surface area contributed by atoms with Gasteiger partial charge in [0.2, 0.25) is 0 Å². The van der Waals surface area contributed by atoms with Gasteiger partial charge in [0.15, 0.2) is 0 Å². The summed E-state index contributed by atoms with van der Waals surface area (Å²) in [5, 5.41) is 6.68. The quantitative estimate of drug-likeness (QED) is 0.480. The number of nitrogens with one attached hydrogen (secondary N) is 2. The SMILES string of the molecule is CC(CNCc1ccccc1NC(=O)c1ccc(-n2ccnc2)nc1)C1CCCCCC1. The standard InChI is InChI=1S/C26H33N5O/c1-20(21-8-4-2-3-5-9-21)16-28-17-22-10-6-7-11-24(22)30-26(32)23-12-13-25(29-18-23)31-15-14-27-19-31/h6-7,10-15,18-21,28H,2-5,8-9,16-17H2,1H3,(H,30,32). The topological polar surface area (TPSA) is 71.8 Å². The predicted molar refractivity (Wildman–Crippen MR) is 128 cm³/mol. The van der Waals surface area contributed by atoms with Gasteiger partial charge in [-0.2, -0.15) is 0 Å².